The number of hydrogen-bond acceptors (Lipinski definition) is 1. The van der Waals surface area contributed by atoms with Crippen molar-refractivity contribution in [1.29, 1.82) is 0 Å². The minimum absolute atomic E-state index is 0.533. The first-order chi connectivity index (χ1) is 6.81. The van der Waals surface area contributed by atoms with Gasteiger partial charge in [-0.2, -0.15) is 0 Å². The maximum Gasteiger partial charge on any atom is 0.127 e. The zero-order valence-corrected chi connectivity index (χ0v) is 8.08. The van der Waals surface area contributed by atoms with Gasteiger partial charge in [0.1, 0.15) is 5.75 Å². The summed E-state index contributed by atoms with van der Waals surface area (Å²) in [4.78, 5) is 0. The number of nitrogens with one attached hydrogen (secondary N) is 1. The molecule has 2 nitrogen and oxygen atoms in total. The number of rotatable bonds is 2. The Morgan fingerprint density at radius 3 is 2.86 bits per heavy atom. The summed E-state index contributed by atoms with van der Waals surface area (Å²) < 4.78 is 5.50. The molecule has 1 N–H and O–H groups in total. The molecule has 0 heterocycles. The highest BCUT2D eigenvalue weighted by atomic mass is 16.5. The Hall–Kier alpha value is -1.70. The molecule has 0 aromatic heterocycles. The standard InChI is InChI=1S/C12H12NO/c1-2-14-12-5-3-4-9-8-10(13)6-7-11(9)12/h3-8,13H,2H2,1H3. The van der Waals surface area contributed by atoms with Crippen molar-refractivity contribution in [3.05, 3.63) is 36.4 Å². The molecule has 0 unspecified atom stereocenters. The van der Waals surface area contributed by atoms with Crippen molar-refractivity contribution >= 4 is 16.5 Å². The summed E-state index contributed by atoms with van der Waals surface area (Å²) in [7, 11) is 0. The van der Waals surface area contributed by atoms with E-state index < -0.39 is 0 Å². The van der Waals surface area contributed by atoms with Crippen molar-refractivity contribution in [2.75, 3.05) is 6.61 Å². The Kier molecular flexibility index (Phi) is 2.27. The Balaban J connectivity index is 2.62. The third-order valence-corrected chi connectivity index (χ3v) is 2.14. The average molecular weight is 186 g/mol. The van der Waals surface area contributed by atoms with Crippen LogP contribution in [0.4, 0.5) is 5.69 Å². The molecule has 1 radical (unpaired) electrons. The Bertz CT molecular complexity index is 451. The summed E-state index contributed by atoms with van der Waals surface area (Å²) in [5.74, 6) is 0.894. The lowest BCUT2D eigenvalue weighted by Gasteiger charge is -2.07. The lowest BCUT2D eigenvalue weighted by Crippen LogP contribution is -1.91. The fourth-order valence-electron chi connectivity index (χ4n) is 1.54. The summed E-state index contributed by atoms with van der Waals surface area (Å²) in [5.41, 5.74) is 8.04. The van der Waals surface area contributed by atoms with Crippen LogP contribution in [0.25, 0.3) is 10.8 Å². The normalized spacial score (nSPS) is 10.4. The summed E-state index contributed by atoms with van der Waals surface area (Å²) in [5, 5.41) is 2.13. The van der Waals surface area contributed by atoms with E-state index >= 15 is 0 Å². The first kappa shape index (κ1) is 8.88. The molecule has 71 valence electrons. The molecule has 0 amide bonds. The smallest absolute Gasteiger partial charge is 0.127 e. The first-order valence-corrected chi connectivity index (χ1v) is 4.68. The van der Waals surface area contributed by atoms with Crippen LogP contribution >= 0.6 is 0 Å². The van der Waals surface area contributed by atoms with E-state index in [4.69, 9.17) is 10.5 Å². The van der Waals surface area contributed by atoms with Crippen LogP contribution in [0.2, 0.25) is 0 Å². The van der Waals surface area contributed by atoms with Crippen molar-refractivity contribution in [1.82, 2.24) is 5.73 Å². The van der Waals surface area contributed by atoms with E-state index in [2.05, 4.69) is 0 Å². The van der Waals surface area contributed by atoms with Crippen molar-refractivity contribution in [3.8, 4) is 5.75 Å². The van der Waals surface area contributed by atoms with Gasteiger partial charge in [0.05, 0.1) is 12.3 Å². The van der Waals surface area contributed by atoms with Crippen molar-refractivity contribution in [2.45, 2.75) is 6.92 Å². The van der Waals surface area contributed by atoms with Crippen molar-refractivity contribution < 1.29 is 4.74 Å². The van der Waals surface area contributed by atoms with Gasteiger partial charge in [-0.15, -0.1) is 0 Å². The Morgan fingerprint density at radius 1 is 1.21 bits per heavy atom. The third-order valence-electron chi connectivity index (χ3n) is 2.14. The summed E-state index contributed by atoms with van der Waals surface area (Å²) in [6, 6.07) is 11.5. The van der Waals surface area contributed by atoms with Crippen LogP contribution in [-0.2, 0) is 0 Å². The maximum atomic E-state index is 7.51. The molecule has 2 aromatic rings. The highest BCUT2D eigenvalue weighted by Gasteiger charge is 2.00. The van der Waals surface area contributed by atoms with Gasteiger partial charge < -0.3 is 10.5 Å². The fraction of sp³-hybridized carbons (Fsp3) is 0.167. The van der Waals surface area contributed by atoms with E-state index in [1.807, 2.05) is 37.3 Å². The molecule has 0 saturated heterocycles. The van der Waals surface area contributed by atoms with Gasteiger partial charge in [-0.1, -0.05) is 12.1 Å². The minimum atomic E-state index is 0.533. The van der Waals surface area contributed by atoms with E-state index in [0.717, 1.165) is 16.5 Å². The minimum Gasteiger partial charge on any atom is -0.493 e. The second-order valence-electron chi connectivity index (χ2n) is 3.13. The summed E-state index contributed by atoms with van der Waals surface area (Å²) in [6.45, 7) is 2.64. The van der Waals surface area contributed by atoms with Crippen LogP contribution in [0.1, 0.15) is 6.92 Å². The SMILES string of the molecule is CCOc1cccc2cc([NH])ccc12. The van der Waals surface area contributed by atoms with Gasteiger partial charge >= 0.3 is 0 Å². The number of hydrogen-bond donors (Lipinski definition) is 0. The fourth-order valence-corrected chi connectivity index (χ4v) is 1.54. The van der Waals surface area contributed by atoms with E-state index in [1.165, 1.54) is 0 Å². The topological polar surface area (TPSA) is 33.0 Å². The van der Waals surface area contributed by atoms with E-state index in [-0.39, 0.29) is 0 Å². The zero-order chi connectivity index (χ0) is 9.97. The van der Waals surface area contributed by atoms with Crippen LogP contribution < -0.4 is 10.5 Å². The lowest BCUT2D eigenvalue weighted by atomic mass is 10.1. The van der Waals surface area contributed by atoms with Crippen LogP contribution in [0.15, 0.2) is 36.4 Å². The van der Waals surface area contributed by atoms with Crippen molar-refractivity contribution in [3.63, 3.8) is 0 Å². The van der Waals surface area contributed by atoms with Gasteiger partial charge in [-0.05, 0) is 36.6 Å². The zero-order valence-electron chi connectivity index (χ0n) is 8.08. The van der Waals surface area contributed by atoms with Crippen LogP contribution in [-0.4, -0.2) is 6.61 Å². The van der Waals surface area contributed by atoms with Gasteiger partial charge in [-0.25, -0.2) is 0 Å². The van der Waals surface area contributed by atoms with Crippen LogP contribution in [0.3, 0.4) is 0 Å². The van der Waals surface area contributed by atoms with Crippen LogP contribution in [0.5, 0.6) is 5.75 Å². The second-order valence-corrected chi connectivity index (χ2v) is 3.13. The Morgan fingerprint density at radius 2 is 2.07 bits per heavy atom. The molecule has 2 heteroatoms. The molecule has 2 aromatic carbocycles. The molecule has 0 aliphatic rings. The number of benzene rings is 2. The predicted octanol–water partition coefficient (Wildman–Crippen LogP) is 3.15. The number of ether oxygens (including phenoxy) is 1. The molecule has 0 saturated carbocycles. The summed E-state index contributed by atoms with van der Waals surface area (Å²) in [6.07, 6.45) is 0. The highest BCUT2D eigenvalue weighted by Crippen LogP contribution is 2.27. The predicted molar refractivity (Wildman–Crippen MR) is 57.9 cm³/mol. The molecule has 0 fully saturated rings. The van der Waals surface area contributed by atoms with Gasteiger partial charge in [0.25, 0.3) is 0 Å². The van der Waals surface area contributed by atoms with Gasteiger partial charge in [0.15, 0.2) is 0 Å². The maximum absolute atomic E-state index is 7.51. The molecule has 0 aliphatic heterocycles. The molecule has 0 aliphatic carbocycles. The van der Waals surface area contributed by atoms with Crippen molar-refractivity contribution in [2.24, 2.45) is 0 Å². The first-order valence-electron chi connectivity index (χ1n) is 4.68. The van der Waals surface area contributed by atoms with Gasteiger partial charge in [0, 0.05) is 5.39 Å². The molecular formula is C12H12NO. The van der Waals surface area contributed by atoms with E-state index in [0.29, 0.717) is 12.3 Å². The van der Waals surface area contributed by atoms with Crippen LogP contribution in [0, 0.1) is 0 Å². The average Bonchev–Trinajstić information content (AvgIpc) is 2.18. The van der Waals surface area contributed by atoms with Gasteiger partial charge in [-0.3, -0.25) is 0 Å². The lowest BCUT2D eigenvalue weighted by molar-refractivity contribution is 0.344. The molecule has 0 atom stereocenters. The summed E-state index contributed by atoms with van der Waals surface area (Å²) >= 11 is 0. The molecule has 2 rings (SSSR count). The molecule has 14 heavy (non-hydrogen) atoms. The quantitative estimate of drug-likeness (QED) is 0.709. The second kappa shape index (κ2) is 3.58. The number of fused-ring (bicyclic) bond motifs is 1. The van der Waals surface area contributed by atoms with E-state index in [9.17, 15) is 0 Å². The van der Waals surface area contributed by atoms with E-state index in [1.54, 1.807) is 6.07 Å². The molecule has 0 spiro atoms. The Labute approximate surface area is 83.3 Å². The molecule has 0 bridgehead atoms. The molecular weight excluding hydrogens is 174 g/mol. The van der Waals surface area contributed by atoms with Gasteiger partial charge in [0.2, 0.25) is 0 Å². The monoisotopic (exact) mass is 186 g/mol. The third kappa shape index (κ3) is 1.51. The largest absolute Gasteiger partial charge is 0.493 e. The highest BCUT2D eigenvalue weighted by molar-refractivity contribution is 5.90.